The molecule has 0 unspecified atom stereocenters. The van der Waals surface area contributed by atoms with Crippen molar-refractivity contribution in [3.05, 3.63) is 54.0 Å². The van der Waals surface area contributed by atoms with Crippen LogP contribution in [0.4, 0.5) is 11.6 Å². The summed E-state index contributed by atoms with van der Waals surface area (Å²) in [6.45, 7) is 0. The standard InChI is InChI=1S/C14H10N6O3S2/c21-25(22,13-5-2-8-24-13)20(12-6-7-15-23-12)11-4-1-3-10(9-11)14-16-18-19-17-14/h1-9H,(H,16,17,18,19). The van der Waals surface area contributed by atoms with Gasteiger partial charge in [0.15, 0.2) is 0 Å². The van der Waals surface area contributed by atoms with Gasteiger partial charge in [0.2, 0.25) is 11.7 Å². The van der Waals surface area contributed by atoms with Gasteiger partial charge in [0, 0.05) is 11.6 Å². The van der Waals surface area contributed by atoms with Gasteiger partial charge in [-0.05, 0) is 28.8 Å². The van der Waals surface area contributed by atoms with Crippen molar-refractivity contribution in [3.63, 3.8) is 0 Å². The van der Waals surface area contributed by atoms with E-state index in [1.54, 1.807) is 35.7 Å². The number of nitrogens with one attached hydrogen (secondary N) is 1. The van der Waals surface area contributed by atoms with E-state index in [0.29, 0.717) is 17.1 Å². The Labute approximate surface area is 146 Å². The van der Waals surface area contributed by atoms with Crippen molar-refractivity contribution in [2.24, 2.45) is 0 Å². The second-order valence-corrected chi connectivity index (χ2v) is 7.80. The summed E-state index contributed by atoms with van der Waals surface area (Å²) in [7, 11) is -3.87. The molecule has 0 aliphatic heterocycles. The highest BCUT2D eigenvalue weighted by atomic mass is 32.2. The van der Waals surface area contributed by atoms with Crippen LogP contribution in [0, 0.1) is 0 Å². The van der Waals surface area contributed by atoms with Crippen LogP contribution in [0.2, 0.25) is 0 Å². The fourth-order valence-electron chi connectivity index (χ4n) is 2.25. The van der Waals surface area contributed by atoms with Crippen LogP contribution in [0.5, 0.6) is 0 Å². The van der Waals surface area contributed by atoms with Crippen LogP contribution in [-0.2, 0) is 10.0 Å². The second-order valence-electron chi connectivity index (χ2n) is 4.84. The number of anilines is 2. The lowest BCUT2D eigenvalue weighted by Crippen LogP contribution is -2.25. The monoisotopic (exact) mass is 374 g/mol. The Bertz CT molecular complexity index is 1060. The van der Waals surface area contributed by atoms with Gasteiger partial charge in [-0.2, -0.15) is 13.6 Å². The van der Waals surface area contributed by atoms with Crippen LogP contribution in [0.15, 0.2) is 62.8 Å². The first kappa shape index (κ1) is 15.5. The number of aromatic nitrogens is 5. The Kier molecular flexibility index (Phi) is 3.78. The van der Waals surface area contributed by atoms with Gasteiger partial charge in [0.05, 0.1) is 11.9 Å². The van der Waals surface area contributed by atoms with Crippen molar-refractivity contribution in [3.8, 4) is 11.4 Å². The van der Waals surface area contributed by atoms with Gasteiger partial charge in [-0.25, -0.2) is 4.31 Å². The smallest absolute Gasteiger partial charge is 0.280 e. The predicted molar refractivity (Wildman–Crippen MR) is 89.8 cm³/mol. The summed E-state index contributed by atoms with van der Waals surface area (Å²) in [5.74, 6) is 0.437. The van der Waals surface area contributed by atoms with E-state index in [1.165, 1.54) is 18.3 Å². The molecule has 25 heavy (non-hydrogen) atoms. The first-order chi connectivity index (χ1) is 12.2. The third-order valence-corrected chi connectivity index (χ3v) is 6.40. The van der Waals surface area contributed by atoms with Gasteiger partial charge < -0.3 is 4.52 Å². The average Bonchev–Trinajstić information content (AvgIpc) is 3.37. The zero-order valence-electron chi connectivity index (χ0n) is 12.5. The van der Waals surface area contributed by atoms with Gasteiger partial charge in [-0.1, -0.05) is 23.4 Å². The topological polar surface area (TPSA) is 118 Å². The Morgan fingerprint density at radius 3 is 2.76 bits per heavy atom. The third-order valence-electron chi connectivity index (χ3n) is 3.30. The molecule has 0 amide bonds. The van der Waals surface area contributed by atoms with E-state index in [4.69, 9.17) is 4.52 Å². The van der Waals surface area contributed by atoms with Crippen molar-refractivity contribution in [2.75, 3.05) is 4.31 Å². The van der Waals surface area contributed by atoms with E-state index in [-0.39, 0.29) is 10.1 Å². The molecule has 9 nitrogen and oxygen atoms in total. The summed E-state index contributed by atoms with van der Waals surface area (Å²) in [4.78, 5) is 0. The lowest BCUT2D eigenvalue weighted by molar-refractivity contribution is 0.429. The molecule has 0 atom stereocenters. The van der Waals surface area contributed by atoms with E-state index in [9.17, 15) is 8.42 Å². The van der Waals surface area contributed by atoms with Gasteiger partial charge in [-0.15, -0.1) is 21.5 Å². The van der Waals surface area contributed by atoms with E-state index < -0.39 is 10.0 Å². The Hall–Kier alpha value is -3.05. The van der Waals surface area contributed by atoms with E-state index >= 15 is 0 Å². The van der Waals surface area contributed by atoms with Gasteiger partial charge in [-0.3, -0.25) is 0 Å². The molecule has 0 spiro atoms. The number of benzene rings is 1. The van der Waals surface area contributed by atoms with Gasteiger partial charge >= 0.3 is 0 Å². The first-order valence-corrected chi connectivity index (χ1v) is 9.31. The zero-order chi connectivity index (χ0) is 17.3. The molecule has 4 aromatic rings. The molecule has 11 heteroatoms. The van der Waals surface area contributed by atoms with Crippen LogP contribution in [0.3, 0.4) is 0 Å². The molecule has 0 bridgehead atoms. The summed E-state index contributed by atoms with van der Waals surface area (Å²) in [6, 6.07) is 11.4. The van der Waals surface area contributed by atoms with Crippen LogP contribution < -0.4 is 4.31 Å². The molecule has 0 aliphatic carbocycles. The number of sulfonamides is 1. The normalized spacial score (nSPS) is 11.5. The maximum atomic E-state index is 13.1. The van der Waals surface area contributed by atoms with Crippen molar-refractivity contribution >= 4 is 32.9 Å². The third kappa shape index (κ3) is 2.79. The summed E-state index contributed by atoms with van der Waals surface area (Å²) in [5, 5.41) is 19.0. The van der Waals surface area contributed by atoms with Crippen molar-refractivity contribution in [1.29, 1.82) is 0 Å². The largest absolute Gasteiger partial charge is 0.337 e. The SMILES string of the molecule is O=S(=O)(c1cccs1)N(c1cccc(-c2nn[nH]n2)c1)c1ccno1. The van der Waals surface area contributed by atoms with Crippen molar-refractivity contribution in [1.82, 2.24) is 25.8 Å². The van der Waals surface area contributed by atoms with Crippen LogP contribution >= 0.6 is 11.3 Å². The minimum atomic E-state index is -3.87. The Morgan fingerprint density at radius 1 is 1.16 bits per heavy atom. The maximum Gasteiger partial charge on any atom is 0.280 e. The van der Waals surface area contributed by atoms with Gasteiger partial charge in [0.1, 0.15) is 4.21 Å². The number of hydrogen-bond donors (Lipinski definition) is 1. The molecule has 1 aromatic carbocycles. The number of aromatic amines is 1. The fraction of sp³-hybridized carbons (Fsp3) is 0. The molecule has 0 aliphatic rings. The number of H-pyrrole nitrogens is 1. The highest BCUT2D eigenvalue weighted by Crippen LogP contribution is 2.35. The molecular weight excluding hydrogens is 364 g/mol. The summed E-state index contributed by atoms with van der Waals surface area (Å²) in [6.07, 6.45) is 1.38. The maximum absolute atomic E-state index is 13.1. The molecule has 4 rings (SSSR count). The van der Waals surface area contributed by atoms with Crippen LogP contribution in [-0.4, -0.2) is 34.2 Å². The highest BCUT2D eigenvalue weighted by molar-refractivity contribution is 7.95. The predicted octanol–water partition coefficient (Wildman–Crippen LogP) is 2.44. The summed E-state index contributed by atoms with van der Waals surface area (Å²) >= 11 is 1.12. The number of rotatable bonds is 5. The van der Waals surface area contributed by atoms with E-state index in [1.807, 2.05) is 0 Å². The zero-order valence-corrected chi connectivity index (χ0v) is 14.1. The summed E-state index contributed by atoms with van der Waals surface area (Å²) in [5.41, 5.74) is 0.976. The Balaban J connectivity index is 1.87. The number of hydrogen-bond acceptors (Lipinski definition) is 8. The average molecular weight is 374 g/mol. The number of thiophene rings is 1. The van der Waals surface area contributed by atoms with Crippen LogP contribution in [0.1, 0.15) is 0 Å². The molecular formula is C14H10N6O3S2. The second kappa shape index (κ2) is 6.11. The number of tetrazole rings is 1. The lowest BCUT2D eigenvalue weighted by Gasteiger charge is -2.20. The minimum Gasteiger partial charge on any atom is -0.337 e. The van der Waals surface area contributed by atoms with Crippen LogP contribution in [0.25, 0.3) is 11.4 Å². The molecule has 1 N–H and O–H groups in total. The Morgan fingerprint density at radius 2 is 2.08 bits per heavy atom. The molecule has 126 valence electrons. The molecule has 3 aromatic heterocycles. The van der Waals surface area contributed by atoms with E-state index in [0.717, 1.165) is 15.6 Å². The lowest BCUT2D eigenvalue weighted by atomic mass is 10.2. The molecule has 0 fully saturated rings. The fourth-order valence-corrected chi connectivity index (χ4v) is 4.73. The quantitative estimate of drug-likeness (QED) is 0.570. The number of nitrogens with zero attached hydrogens (tertiary/aromatic N) is 5. The summed E-state index contributed by atoms with van der Waals surface area (Å²) < 4.78 is 32.6. The molecule has 0 saturated carbocycles. The van der Waals surface area contributed by atoms with Gasteiger partial charge in [0.25, 0.3) is 10.0 Å². The van der Waals surface area contributed by atoms with E-state index in [2.05, 4.69) is 25.8 Å². The molecule has 3 heterocycles. The van der Waals surface area contributed by atoms with Crippen molar-refractivity contribution < 1.29 is 12.9 Å². The minimum absolute atomic E-state index is 0.0821. The first-order valence-electron chi connectivity index (χ1n) is 7.00. The molecule has 0 radical (unpaired) electrons. The highest BCUT2D eigenvalue weighted by Gasteiger charge is 2.30. The van der Waals surface area contributed by atoms with Crippen molar-refractivity contribution in [2.45, 2.75) is 4.21 Å². The molecule has 0 saturated heterocycles.